The van der Waals surface area contributed by atoms with Gasteiger partial charge in [-0.3, -0.25) is 4.79 Å². The molecule has 6 nitrogen and oxygen atoms in total. The molecule has 1 amide bonds. The van der Waals surface area contributed by atoms with E-state index in [1.165, 1.54) is 19.2 Å². The van der Waals surface area contributed by atoms with Gasteiger partial charge in [-0.05, 0) is 36.8 Å². The van der Waals surface area contributed by atoms with Crippen molar-refractivity contribution in [2.24, 2.45) is 0 Å². The zero-order valence-corrected chi connectivity index (χ0v) is 14.2. The van der Waals surface area contributed by atoms with Crippen LogP contribution in [0.5, 0.6) is 11.5 Å². The lowest BCUT2D eigenvalue weighted by Gasteiger charge is -2.11. The van der Waals surface area contributed by atoms with Crippen molar-refractivity contribution >= 4 is 11.6 Å². The van der Waals surface area contributed by atoms with Crippen molar-refractivity contribution in [2.45, 2.75) is 20.1 Å². The fourth-order valence-corrected chi connectivity index (χ4v) is 2.55. The van der Waals surface area contributed by atoms with E-state index >= 15 is 0 Å². The monoisotopic (exact) mass is 361 g/mol. The molecule has 0 atom stereocenters. The fourth-order valence-electron chi connectivity index (χ4n) is 2.55. The molecule has 0 fully saturated rings. The fraction of sp³-hybridized carbons (Fsp3) is 0.222. The van der Waals surface area contributed by atoms with Crippen molar-refractivity contribution in [2.75, 3.05) is 7.11 Å². The van der Waals surface area contributed by atoms with E-state index in [1.807, 2.05) is 23.5 Å². The molecule has 0 saturated heterocycles. The van der Waals surface area contributed by atoms with Crippen LogP contribution in [0.1, 0.15) is 21.7 Å². The number of aryl methyl sites for hydroxylation is 1. The summed E-state index contributed by atoms with van der Waals surface area (Å²) in [7, 11) is 1.36. The van der Waals surface area contributed by atoms with Gasteiger partial charge < -0.3 is 19.2 Å². The van der Waals surface area contributed by atoms with Crippen molar-refractivity contribution in [3.05, 3.63) is 59.5 Å². The molecule has 0 aliphatic carbocycles. The van der Waals surface area contributed by atoms with Crippen LogP contribution < -0.4 is 14.8 Å². The predicted molar refractivity (Wildman–Crippen MR) is 90.7 cm³/mol. The number of carbonyl (C=O) groups excluding carboxylic acids is 1. The number of aromatic nitrogens is 2. The van der Waals surface area contributed by atoms with Crippen LogP contribution in [-0.4, -0.2) is 29.0 Å². The van der Waals surface area contributed by atoms with Gasteiger partial charge in [0.2, 0.25) is 0 Å². The number of carbonyl (C=O) groups is 1. The lowest BCUT2D eigenvalue weighted by Crippen LogP contribution is -2.23. The number of halogens is 2. The molecule has 0 bridgehead atoms. The summed E-state index contributed by atoms with van der Waals surface area (Å²) in [6, 6.07) is 10.2. The first-order valence-corrected chi connectivity index (χ1v) is 7.82. The third kappa shape index (κ3) is 3.74. The Kier molecular flexibility index (Phi) is 5.01. The molecule has 0 aliphatic heterocycles. The van der Waals surface area contributed by atoms with E-state index in [9.17, 15) is 13.6 Å². The minimum atomic E-state index is -2.96. The van der Waals surface area contributed by atoms with Crippen molar-refractivity contribution in [3.63, 3.8) is 0 Å². The Balaban J connectivity index is 1.73. The summed E-state index contributed by atoms with van der Waals surface area (Å²) in [5.74, 6) is -0.256. The average Bonchev–Trinajstić information content (AvgIpc) is 3.05. The summed E-state index contributed by atoms with van der Waals surface area (Å²) < 4.78 is 36.2. The number of alkyl halides is 2. The Hall–Kier alpha value is -3.16. The quantitative estimate of drug-likeness (QED) is 0.732. The van der Waals surface area contributed by atoms with Crippen LogP contribution in [0.15, 0.2) is 42.6 Å². The normalized spacial score (nSPS) is 11.0. The number of amides is 1. The summed E-state index contributed by atoms with van der Waals surface area (Å²) in [5.41, 5.74) is 2.50. The van der Waals surface area contributed by atoms with Crippen LogP contribution in [0, 0.1) is 6.92 Å². The van der Waals surface area contributed by atoms with Crippen LogP contribution in [0.3, 0.4) is 0 Å². The molecular formula is C18H17F2N3O3. The first kappa shape index (κ1) is 17.7. The second kappa shape index (κ2) is 7.38. The van der Waals surface area contributed by atoms with Crippen LogP contribution in [0.4, 0.5) is 8.78 Å². The van der Waals surface area contributed by atoms with Crippen molar-refractivity contribution in [1.82, 2.24) is 14.7 Å². The number of ether oxygens (including phenoxy) is 2. The highest BCUT2D eigenvalue weighted by Crippen LogP contribution is 2.29. The summed E-state index contributed by atoms with van der Waals surface area (Å²) in [4.78, 5) is 16.6. The lowest BCUT2D eigenvalue weighted by atomic mass is 10.2. The van der Waals surface area contributed by atoms with Gasteiger partial charge in [-0.2, -0.15) is 8.78 Å². The molecule has 0 spiro atoms. The van der Waals surface area contributed by atoms with Crippen LogP contribution >= 0.6 is 0 Å². The van der Waals surface area contributed by atoms with E-state index < -0.39 is 6.61 Å². The Labute approximate surface area is 148 Å². The van der Waals surface area contributed by atoms with Gasteiger partial charge in [-0.1, -0.05) is 12.1 Å². The minimum Gasteiger partial charge on any atom is -0.493 e. The standard InChI is InChI=1S/C18H17F2N3O3/c1-11-4-3-5-16-22-13(10-23(11)16)17(24)21-9-12-6-7-14(25-2)15(8-12)26-18(19)20/h3-8,10,18H,9H2,1-2H3,(H,21,24). The number of benzene rings is 1. The van der Waals surface area contributed by atoms with E-state index in [0.717, 1.165) is 5.69 Å². The zero-order valence-electron chi connectivity index (χ0n) is 14.2. The Bertz CT molecular complexity index is 941. The summed E-state index contributed by atoms with van der Waals surface area (Å²) in [5, 5.41) is 2.72. The minimum absolute atomic E-state index is 0.0856. The van der Waals surface area contributed by atoms with Crippen LogP contribution in [0.2, 0.25) is 0 Å². The smallest absolute Gasteiger partial charge is 0.387 e. The summed E-state index contributed by atoms with van der Waals surface area (Å²) in [6.07, 6.45) is 1.65. The van der Waals surface area contributed by atoms with Crippen LogP contribution in [0.25, 0.3) is 5.65 Å². The maximum Gasteiger partial charge on any atom is 0.387 e. The van der Waals surface area contributed by atoms with Gasteiger partial charge in [0.25, 0.3) is 5.91 Å². The summed E-state index contributed by atoms with van der Waals surface area (Å²) >= 11 is 0. The molecule has 136 valence electrons. The molecule has 3 rings (SSSR count). The molecule has 2 aromatic heterocycles. The maximum atomic E-state index is 12.5. The van der Waals surface area contributed by atoms with Crippen molar-refractivity contribution in [1.29, 1.82) is 0 Å². The van der Waals surface area contributed by atoms with Gasteiger partial charge in [0.1, 0.15) is 11.3 Å². The second-order valence-electron chi connectivity index (χ2n) is 5.57. The Morgan fingerprint density at radius 2 is 2.08 bits per heavy atom. The van der Waals surface area contributed by atoms with Crippen LogP contribution in [-0.2, 0) is 6.54 Å². The SMILES string of the molecule is COc1ccc(CNC(=O)c2cn3c(C)cccc3n2)cc1OC(F)F. The molecule has 0 aliphatic rings. The number of fused-ring (bicyclic) bond motifs is 1. The lowest BCUT2D eigenvalue weighted by molar-refractivity contribution is -0.0512. The molecule has 0 unspecified atom stereocenters. The molecule has 1 aromatic carbocycles. The molecule has 2 heterocycles. The van der Waals surface area contributed by atoms with Gasteiger partial charge >= 0.3 is 6.61 Å². The Morgan fingerprint density at radius 1 is 1.27 bits per heavy atom. The van der Waals surface area contributed by atoms with Gasteiger partial charge in [0.15, 0.2) is 11.5 Å². The van der Waals surface area contributed by atoms with Crippen molar-refractivity contribution in [3.8, 4) is 11.5 Å². The highest BCUT2D eigenvalue weighted by atomic mass is 19.3. The van der Waals surface area contributed by atoms with E-state index in [1.54, 1.807) is 18.3 Å². The largest absolute Gasteiger partial charge is 0.493 e. The van der Waals surface area contributed by atoms with E-state index in [4.69, 9.17) is 4.74 Å². The van der Waals surface area contributed by atoms with Gasteiger partial charge in [0.05, 0.1) is 7.11 Å². The third-order valence-electron chi connectivity index (χ3n) is 3.83. The number of pyridine rings is 1. The van der Waals surface area contributed by atoms with E-state index in [-0.39, 0.29) is 29.6 Å². The zero-order chi connectivity index (χ0) is 18.7. The number of rotatable bonds is 6. The van der Waals surface area contributed by atoms with Gasteiger partial charge in [-0.25, -0.2) is 4.98 Å². The summed E-state index contributed by atoms with van der Waals surface area (Å²) in [6.45, 7) is -0.914. The number of methoxy groups -OCH3 is 1. The van der Waals surface area contributed by atoms with E-state index in [2.05, 4.69) is 15.0 Å². The van der Waals surface area contributed by atoms with Gasteiger partial charge in [-0.15, -0.1) is 0 Å². The molecule has 3 aromatic rings. The highest BCUT2D eigenvalue weighted by molar-refractivity contribution is 5.92. The second-order valence-corrected chi connectivity index (χ2v) is 5.57. The number of hydrogen-bond donors (Lipinski definition) is 1. The predicted octanol–water partition coefficient (Wildman–Crippen LogP) is 3.18. The molecule has 1 N–H and O–H groups in total. The Morgan fingerprint density at radius 3 is 2.77 bits per heavy atom. The number of nitrogens with one attached hydrogen (secondary N) is 1. The van der Waals surface area contributed by atoms with Crippen molar-refractivity contribution < 1.29 is 23.0 Å². The number of imidazole rings is 1. The van der Waals surface area contributed by atoms with Gasteiger partial charge in [0, 0.05) is 18.4 Å². The topological polar surface area (TPSA) is 64.9 Å². The molecular weight excluding hydrogens is 344 g/mol. The molecule has 0 radical (unpaired) electrons. The molecule has 8 heteroatoms. The average molecular weight is 361 g/mol. The molecule has 26 heavy (non-hydrogen) atoms. The maximum absolute atomic E-state index is 12.5. The highest BCUT2D eigenvalue weighted by Gasteiger charge is 2.14. The third-order valence-corrected chi connectivity index (χ3v) is 3.83. The first-order chi connectivity index (χ1) is 12.5. The first-order valence-electron chi connectivity index (χ1n) is 7.82. The molecule has 0 saturated carbocycles. The number of hydrogen-bond acceptors (Lipinski definition) is 4. The van der Waals surface area contributed by atoms with E-state index in [0.29, 0.717) is 11.2 Å². The number of nitrogens with zero attached hydrogens (tertiary/aromatic N) is 2.